The minimum atomic E-state index is 0.123. The van der Waals surface area contributed by atoms with Crippen molar-refractivity contribution < 1.29 is 4.79 Å². The number of nitrogens with zero attached hydrogens (tertiary/aromatic N) is 1. The molecule has 0 radical (unpaired) electrons. The molecule has 0 unspecified atom stereocenters. The number of aryl methyl sites for hydroxylation is 2. The minimum absolute atomic E-state index is 0.123. The topological polar surface area (TPSA) is 44.4 Å². The molecule has 0 spiro atoms. The molecule has 0 saturated carbocycles. The van der Waals surface area contributed by atoms with Gasteiger partial charge in [-0.05, 0) is 87.1 Å². The first-order valence-electron chi connectivity index (χ1n) is 10.5. The van der Waals surface area contributed by atoms with Crippen LogP contribution in [0.1, 0.15) is 65.7 Å². The summed E-state index contributed by atoms with van der Waals surface area (Å²) in [5.74, 6) is 0.123. The zero-order valence-electron chi connectivity index (χ0n) is 17.6. The number of carbonyl (C=O) groups excluding carboxylic acids is 1. The fraction of sp³-hybridized carbons (Fsp3) is 0.417. The molecule has 1 aliphatic rings. The van der Waals surface area contributed by atoms with E-state index in [2.05, 4.69) is 49.6 Å². The van der Waals surface area contributed by atoms with Gasteiger partial charge in [0.1, 0.15) is 0 Å². The Labute approximate surface area is 179 Å². The molecule has 1 fully saturated rings. The van der Waals surface area contributed by atoms with Gasteiger partial charge in [-0.25, -0.2) is 0 Å². The van der Waals surface area contributed by atoms with E-state index < -0.39 is 0 Å². The monoisotopic (exact) mass is 409 g/mol. The molecule has 1 saturated heterocycles. The van der Waals surface area contributed by atoms with E-state index in [-0.39, 0.29) is 11.9 Å². The third-order valence-electron chi connectivity index (χ3n) is 5.55. The molecule has 0 aromatic heterocycles. The maximum Gasteiger partial charge on any atom is 0.253 e. The van der Waals surface area contributed by atoms with Crippen molar-refractivity contribution >= 4 is 28.9 Å². The average Bonchev–Trinajstić information content (AvgIpc) is 2.73. The van der Waals surface area contributed by atoms with Crippen LogP contribution in [0.5, 0.6) is 0 Å². The second-order valence-electron chi connectivity index (χ2n) is 7.85. The van der Waals surface area contributed by atoms with Crippen LogP contribution in [0.15, 0.2) is 42.5 Å². The van der Waals surface area contributed by atoms with Gasteiger partial charge in [0.05, 0.1) is 6.04 Å². The van der Waals surface area contributed by atoms with Crippen LogP contribution >= 0.6 is 12.2 Å². The summed E-state index contributed by atoms with van der Waals surface area (Å²) in [5, 5.41) is 7.26. The van der Waals surface area contributed by atoms with Crippen LogP contribution in [0, 0.1) is 13.8 Å². The van der Waals surface area contributed by atoms with Crippen LogP contribution in [-0.2, 0) is 0 Å². The third kappa shape index (κ3) is 5.57. The van der Waals surface area contributed by atoms with Gasteiger partial charge in [0.15, 0.2) is 5.11 Å². The van der Waals surface area contributed by atoms with E-state index in [4.69, 9.17) is 12.2 Å². The van der Waals surface area contributed by atoms with Crippen molar-refractivity contribution in [3.05, 3.63) is 64.7 Å². The van der Waals surface area contributed by atoms with Crippen LogP contribution in [0.4, 0.5) is 5.69 Å². The van der Waals surface area contributed by atoms with Crippen LogP contribution in [-0.4, -0.2) is 29.0 Å². The lowest BCUT2D eigenvalue weighted by atomic mass is 9.98. The normalized spacial score (nSPS) is 14.9. The maximum absolute atomic E-state index is 12.6. The van der Waals surface area contributed by atoms with Crippen LogP contribution in [0.25, 0.3) is 0 Å². The van der Waals surface area contributed by atoms with Crippen LogP contribution in [0.2, 0.25) is 0 Å². The highest BCUT2D eigenvalue weighted by atomic mass is 32.1. The predicted molar refractivity (Wildman–Crippen MR) is 125 cm³/mol. The van der Waals surface area contributed by atoms with Crippen LogP contribution < -0.4 is 10.6 Å². The highest BCUT2D eigenvalue weighted by Crippen LogP contribution is 2.22. The number of nitrogens with one attached hydrogen (secondary N) is 2. The number of rotatable bonds is 5. The number of benzene rings is 2. The number of thiocarbonyl (C=S) groups is 1. The molecule has 1 atom stereocenters. The van der Waals surface area contributed by atoms with Gasteiger partial charge >= 0.3 is 0 Å². The molecular weight excluding hydrogens is 378 g/mol. The standard InChI is InChI=1S/C24H31N3OS/c1-4-22(21-13-8-17(2)16-18(21)3)26-24(29)25-20-11-9-19(10-12-20)23(28)27-14-6-5-7-15-27/h8-13,16,22H,4-7,14-15H2,1-3H3,(H2,25,26,29)/t22-/m0/s1. The largest absolute Gasteiger partial charge is 0.356 e. The summed E-state index contributed by atoms with van der Waals surface area (Å²) in [4.78, 5) is 14.5. The van der Waals surface area contributed by atoms with E-state index in [9.17, 15) is 4.79 Å². The number of anilines is 1. The second-order valence-corrected chi connectivity index (χ2v) is 8.26. The Bertz CT molecular complexity index is 857. The van der Waals surface area contributed by atoms with Crippen molar-refractivity contribution in [1.29, 1.82) is 0 Å². The molecule has 4 nitrogen and oxygen atoms in total. The molecule has 3 rings (SSSR count). The number of carbonyl (C=O) groups is 1. The molecule has 0 bridgehead atoms. The van der Waals surface area contributed by atoms with E-state index in [0.717, 1.165) is 43.6 Å². The fourth-order valence-electron chi connectivity index (χ4n) is 3.92. The average molecular weight is 410 g/mol. The first-order chi connectivity index (χ1) is 14.0. The van der Waals surface area contributed by atoms with E-state index >= 15 is 0 Å². The summed E-state index contributed by atoms with van der Waals surface area (Å²) in [7, 11) is 0. The molecule has 154 valence electrons. The lowest BCUT2D eigenvalue weighted by Crippen LogP contribution is -2.35. The Morgan fingerprint density at radius 3 is 2.38 bits per heavy atom. The lowest BCUT2D eigenvalue weighted by Gasteiger charge is -2.26. The fourth-order valence-corrected chi connectivity index (χ4v) is 4.18. The SMILES string of the molecule is CC[C@H](NC(=S)Nc1ccc(C(=O)N2CCCCC2)cc1)c1ccc(C)cc1C. The molecule has 29 heavy (non-hydrogen) atoms. The first kappa shape index (κ1) is 21.3. The highest BCUT2D eigenvalue weighted by Gasteiger charge is 2.18. The summed E-state index contributed by atoms with van der Waals surface area (Å²) >= 11 is 5.54. The van der Waals surface area contributed by atoms with Gasteiger partial charge in [0.25, 0.3) is 5.91 Å². The zero-order chi connectivity index (χ0) is 20.8. The molecule has 1 aliphatic heterocycles. The van der Waals surface area contributed by atoms with Crippen molar-refractivity contribution in [3.63, 3.8) is 0 Å². The summed E-state index contributed by atoms with van der Waals surface area (Å²) in [6.45, 7) is 8.13. The Balaban J connectivity index is 1.60. The summed E-state index contributed by atoms with van der Waals surface area (Å²) in [6.07, 6.45) is 4.36. The van der Waals surface area contributed by atoms with Gasteiger partial charge in [-0.15, -0.1) is 0 Å². The van der Waals surface area contributed by atoms with Crippen molar-refractivity contribution in [3.8, 4) is 0 Å². The van der Waals surface area contributed by atoms with Gasteiger partial charge in [0, 0.05) is 24.3 Å². The predicted octanol–water partition coefficient (Wildman–Crippen LogP) is 5.37. The summed E-state index contributed by atoms with van der Waals surface area (Å²) in [5.41, 5.74) is 5.42. The van der Waals surface area contributed by atoms with Crippen LogP contribution in [0.3, 0.4) is 0 Å². The van der Waals surface area contributed by atoms with Gasteiger partial charge in [-0.2, -0.15) is 0 Å². The van der Waals surface area contributed by atoms with Gasteiger partial charge < -0.3 is 15.5 Å². The van der Waals surface area contributed by atoms with E-state index in [1.165, 1.54) is 23.1 Å². The molecule has 2 aromatic carbocycles. The number of likely N-dealkylation sites (tertiary alicyclic amines) is 1. The van der Waals surface area contributed by atoms with Crippen molar-refractivity contribution in [2.24, 2.45) is 0 Å². The number of hydrogen-bond acceptors (Lipinski definition) is 2. The quantitative estimate of drug-likeness (QED) is 0.652. The molecule has 1 heterocycles. The molecule has 0 aliphatic carbocycles. The molecule has 2 N–H and O–H groups in total. The van der Waals surface area contributed by atoms with E-state index in [1.807, 2.05) is 29.2 Å². The minimum Gasteiger partial charge on any atom is -0.356 e. The number of hydrogen-bond donors (Lipinski definition) is 2. The smallest absolute Gasteiger partial charge is 0.253 e. The van der Waals surface area contributed by atoms with E-state index in [1.54, 1.807) is 0 Å². The Hall–Kier alpha value is -2.40. The van der Waals surface area contributed by atoms with Crippen molar-refractivity contribution in [2.75, 3.05) is 18.4 Å². The Kier molecular flexibility index (Phi) is 7.26. The molecule has 1 amide bonds. The van der Waals surface area contributed by atoms with Crippen molar-refractivity contribution in [1.82, 2.24) is 10.2 Å². The molecule has 5 heteroatoms. The summed E-state index contributed by atoms with van der Waals surface area (Å²) < 4.78 is 0. The van der Waals surface area contributed by atoms with Gasteiger partial charge in [-0.3, -0.25) is 4.79 Å². The molecular formula is C24H31N3OS. The lowest BCUT2D eigenvalue weighted by molar-refractivity contribution is 0.0724. The Morgan fingerprint density at radius 2 is 1.76 bits per heavy atom. The number of piperidine rings is 1. The van der Waals surface area contributed by atoms with Gasteiger partial charge in [-0.1, -0.05) is 30.7 Å². The summed E-state index contributed by atoms with van der Waals surface area (Å²) in [6, 6.07) is 14.3. The highest BCUT2D eigenvalue weighted by molar-refractivity contribution is 7.80. The van der Waals surface area contributed by atoms with E-state index in [0.29, 0.717) is 5.11 Å². The third-order valence-corrected chi connectivity index (χ3v) is 5.77. The second kappa shape index (κ2) is 9.88. The Morgan fingerprint density at radius 1 is 1.07 bits per heavy atom. The maximum atomic E-state index is 12.6. The van der Waals surface area contributed by atoms with Gasteiger partial charge in [0.2, 0.25) is 0 Å². The van der Waals surface area contributed by atoms with Crippen molar-refractivity contribution in [2.45, 2.75) is 52.5 Å². The molecule has 2 aromatic rings. The zero-order valence-corrected chi connectivity index (χ0v) is 18.4. The number of amides is 1. The first-order valence-corrected chi connectivity index (χ1v) is 10.9.